The highest BCUT2D eigenvalue weighted by Gasteiger charge is 2.15. The zero-order valence-electron chi connectivity index (χ0n) is 7.24. The van der Waals surface area contributed by atoms with Gasteiger partial charge in [0.1, 0.15) is 23.2 Å². The Morgan fingerprint density at radius 1 is 1.64 bits per heavy atom. The van der Waals surface area contributed by atoms with E-state index in [4.69, 9.17) is 10.4 Å². The number of phenolic OH excluding ortho intramolecular Hbond substituents is 1. The number of phenols is 1. The Kier molecular flexibility index (Phi) is 2.67. The minimum absolute atomic E-state index is 0.231. The van der Waals surface area contributed by atoms with Gasteiger partial charge in [0, 0.05) is 6.07 Å². The number of aromatic hydroxyl groups is 1. The largest absolute Gasteiger partial charge is 0.507 e. The molecule has 72 valence electrons. The van der Waals surface area contributed by atoms with Gasteiger partial charge in [0.05, 0.1) is 12.7 Å². The molecule has 14 heavy (non-hydrogen) atoms. The molecule has 0 amide bonds. The van der Waals surface area contributed by atoms with Crippen LogP contribution in [-0.4, -0.2) is 18.2 Å². The fourth-order valence-electron chi connectivity index (χ4n) is 0.922. The number of methoxy groups -OCH3 is 1. The fraction of sp³-hybridized carbons (Fsp3) is 0.111. The average molecular weight is 195 g/mol. The van der Waals surface area contributed by atoms with Crippen molar-refractivity contribution in [3.05, 3.63) is 29.1 Å². The maximum atomic E-state index is 12.9. The van der Waals surface area contributed by atoms with Gasteiger partial charge < -0.3 is 9.84 Å². The summed E-state index contributed by atoms with van der Waals surface area (Å²) in [6, 6.07) is 3.19. The van der Waals surface area contributed by atoms with Crippen molar-refractivity contribution in [2.45, 2.75) is 0 Å². The van der Waals surface area contributed by atoms with E-state index >= 15 is 0 Å². The van der Waals surface area contributed by atoms with Gasteiger partial charge in [-0.3, -0.25) is 0 Å². The molecule has 0 unspecified atom stereocenters. The molecule has 0 fully saturated rings. The van der Waals surface area contributed by atoms with Gasteiger partial charge in [0.15, 0.2) is 0 Å². The number of halogens is 1. The van der Waals surface area contributed by atoms with Crippen LogP contribution in [0.4, 0.5) is 4.39 Å². The van der Waals surface area contributed by atoms with Crippen LogP contribution in [0.2, 0.25) is 0 Å². The molecular weight excluding hydrogens is 189 g/mol. The summed E-state index contributed by atoms with van der Waals surface area (Å²) >= 11 is 0. The van der Waals surface area contributed by atoms with Gasteiger partial charge in [-0.15, -0.1) is 0 Å². The van der Waals surface area contributed by atoms with Gasteiger partial charge in [-0.1, -0.05) is 0 Å². The third-order valence-corrected chi connectivity index (χ3v) is 1.61. The van der Waals surface area contributed by atoms with Gasteiger partial charge in [-0.2, -0.15) is 5.26 Å². The van der Waals surface area contributed by atoms with E-state index in [1.54, 1.807) is 6.07 Å². The van der Waals surface area contributed by atoms with Crippen LogP contribution in [-0.2, 0) is 4.74 Å². The normalized spacial score (nSPS) is 9.21. The van der Waals surface area contributed by atoms with Gasteiger partial charge in [-0.05, 0) is 6.07 Å². The molecule has 0 spiro atoms. The van der Waals surface area contributed by atoms with Crippen LogP contribution in [0.3, 0.4) is 0 Å². The third kappa shape index (κ3) is 1.64. The molecule has 0 heterocycles. The average Bonchev–Trinajstić information content (AvgIpc) is 2.17. The summed E-state index contributed by atoms with van der Waals surface area (Å²) < 4.78 is 17.2. The highest BCUT2D eigenvalue weighted by molar-refractivity contribution is 5.92. The first-order chi connectivity index (χ1) is 6.60. The number of carbonyl (C=O) groups is 1. The SMILES string of the molecule is COC(=O)c1cc(C#N)c(F)cc1O. The topological polar surface area (TPSA) is 70.3 Å². The highest BCUT2D eigenvalue weighted by Crippen LogP contribution is 2.21. The number of esters is 1. The van der Waals surface area contributed by atoms with Crippen LogP contribution in [0.5, 0.6) is 5.75 Å². The Morgan fingerprint density at radius 2 is 2.29 bits per heavy atom. The van der Waals surface area contributed by atoms with Crippen LogP contribution < -0.4 is 0 Å². The molecular formula is C9H6FNO3. The summed E-state index contributed by atoms with van der Waals surface area (Å²) in [4.78, 5) is 11.0. The molecule has 0 radical (unpaired) electrons. The maximum absolute atomic E-state index is 12.9. The third-order valence-electron chi connectivity index (χ3n) is 1.61. The van der Waals surface area contributed by atoms with E-state index in [0.29, 0.717) is 6.07 Å². The molecule has 1 aromatic rings. The lowest BCUT2D eigenvalue weighted by Gasteiger charge is -2.03. The second kappa shape index (κ2) is 3.75. The highest BCUT2D eigenvalue weighted by atomic mass is 19.1. The van der Waals surface area contributed by atoms with Crippen molar-refractivity contribution < 1.29 is 19.0 Å². The molecule has 1 aromatic carbocycles. The molecule has 0 aliphatic rings. The fourth-order valence-corrected chi connectivity index (χ4v) is 0.922. The Balaban J connectivity index is 3.33. The zero-order valence-corrected chi connectivity index (χ0v) is 7.24. The monoisotopic (exact) mass is 195 g/mol. The standard InChI is InChI=1S/C9H6FNO3/c1-14-9(13)6-2-5(4-11)7(10)3-8(6)12/h2-3,12H,1H3. The van der Waals surface area contributed by atoms with E-state index in [0.717, 1.165) is 13.2 Å². The molecule has 0 aliphatic carbocycles. The lowest BCUT2D eigenvalue weighted by molar-refractivity contribution is 0.0597. The maximum Gasteiger partial charge on any atom is 0.341 e. The molecule has 0 saturated heterocycles. The number of rotatable bonds is 1. The molecule has 1 N–H and O–H groups in total. The molecule has 0 bridgehead atoms. The Morgan fingerprint density at radius 3 is 2.79 bits per heavy atom. The van der Waals surface area contributed by atoms with Crippen molar-refractivity contribution in [3.8, 4) is 11.8 Å². The first-order valence-electron chi connectivity index (χ1n) is 3.61. The van der Waals surface area contributed by atoms with Crippen LogP contribution in [0.15, 0.2) is 12.1 Å². The second-order valence-electron chi connectivity index (χ2n) is 2.45. The summed E-state index contributed by atoms with van der Waals surface area (Å²) in [6.45, 7) is 0. The van der Waals surface area contributed by atoms with Crippen LogP contribution in [0, 0.1) is 17.1 Å². The molecule has 5 heteroatoms. The van der Waals surface area contributed by atoms with Crippen LogP contribution in [0.1, 0.15) is 15.9 Å². The minimum Gasteiger partial charge on any atom is -0.507 e. The Hall–Kier alpha value is -2.09. The quantitative estimate of drug-likeness (QED) is 0.683. The number of carbonyl (C=O) groups excluding carboxylic acids is 1. The van der Waals surface area contributed by atoms with E-state index < -0.39 is 17.5 Å². The van der Waals surface area contributed by atoms with Gasteiger partial charge in [0.2, 0.25) is 0 Å². The summed E-state index contributed by atoms with van der Waals surface area (Å²) in [5.41, 5.74) is -0.548. The number of nitriles is 1. The van der Waals surface area contributed by atoms with Crippen molar-refractivity contribution in [2.24, 2.45) is 0 Å². The zero-order chi connectivity index (χ0) is 10.7. The molecule has 4 nitrogen and oxygen atoms in total. The second-order valence-corrected chi connectivity index (χ2v) is 2.45. The van der Waals surface area contributed by atoms with Crippen molar-refractivity contribution >= 4 is 5.97 Å². The number of benzene rings is 1. The van der Waals surface area contributed by atoms with Gasteiger partial charge in [0.25, 0.3) is 0 Å². The molecule has 0 aromatic heterocycles. The summed E-state index contributed by atoms with van der Waals surface area (Å²) in [5.74, 6) is -2.25. The Bertz CT molecular complexity index is 423. The summed E-state index contributed by atoms with van der Waals surface area (Å²) in [6.07, 6.45) is 0. The first-order valence-corrected chi connectivity index (χ1v) is 3.61. The van der Waals surface area contributed by atoms with E-state index in [9.17, 15) is 9.18 Å². The molecule has 0 aliphatic heterocycles. The predicted molar refractivity (Wildman–Crippen MR) is 44.1 cm³/mol. The number of hydrogen-bond donors (Lipinski definition) is 1. The van der Waals surface area contributed by atoms with Crippen LogP contribution in [0.25, 0.3) is 0 Å². The van der Waals surface area contributed by atoms with Crippen molar-refractivity contribution in [2.75, 3.05) is 7.11 Å². The smallest absolute Gasteiger partial charge is 0.341 e. The summed E-state index contributed by atoms with van der Waals surface area (Å²) in [5, 5.41) is 17.6. The first kappa shape index (κ1) is 9.99. The lowest BCUT2D eigenvalue weighted by atomic mass is 10.1. The Labute approximate surface area is 79.2 Å². The van der Waals surface area contributed by atoms with E-state index in [1.807, 2.05) is 0 Å². The van der Waals surface area contributed by atoms with Crippen LogP contribution >= 0.6 is 0 Å². The number of hydrogen-bond acceptors (Lipinski definition) is 4. The molecule has 1 rings (SSSR count). The minimum atomic E-state index is -0.877. The van der Waals surface area contributed by atoms with Crippen molar-refractivity contribution in [3.63, 3.8) is 0 Å². The predicted octanol–water partition coefficient (Wildman–Crippen LogP) is 1.19. The van der Waals surface area contributed by atoms with E-state index in [1.165, 1.54) is 0 Å². The van der Waals surface area contributed by atoms with E-state index in [-0.39, 0.29) is 11.1 Å². The van der Waals surface area contributed by atoms with Crippen molar-refractivity contribution in [1.29, 1.82) is 5.26 Å². The molecule has 0 saturated carbocycles. The van der Waals surface area contributed by atoms with Gasteiger partial charge in [-0.25, -0.2) is 9.18 Å². The number of nitrogens with zero attached hydrogens (tertiary/aromatic N) is 1. The van der Waals surface area contributed by atoms with Gasteiger partial charge >= 0.3 is 5.97 Å². The van der Waals surface area contributed by atoms with Crippen molar-refractivity contribution in [1.82, 2.24) is 0 Å². The molecule has 0 atom stereocenters. The lowest BCUT2D eigenvalue weighted by Crippen LogP contribution is -2.03. The van der Waals surface area contributed by atoms with E-state index in [2.05, 4.69) is 4.74 Å². The number of ether oxygens (including phenoxy) is 1. The summed E-state index contributed by atoms with van der Waals surface area (Å²) in [7, 11) is 1.12.